The molecule has 1 aromatic rings. The predicted molar refractivity (Wildman–Crippen MR) is 76.0 cm³/mol. The molecule has 1 saturated heterocycles. The van der Waals surface area contributed by atoms with Crippen molar-refractivity contribution >= 4 is 22.4 Å². The van der Waals surface area contributed by atoms with E-state index >= 15 is 0 Å². The molecule has 0 radical (unpaired) electrons. The summed E-state index contributed by atoms with van der Waals surface area (Å²) in [5.74, 6) is -0.279. The summed E-state index contributed by atoms with van der Waals surface area (Å²) >= 11 is 1.40. The number of rotatable bonds is 3. The average molecular weight is 292 g/mol. The molecule has 1 aliphatic heterocycles. The number of anilines is 1. The minimum atomic E-state index is -0.279. The van der Waals surface area contributed by atoms with Gasteiger partial charge in [-0.25, -0.2) is 4.98 Å². The number of nitrogens with zero attached hydrogens (tertiary/aromatic N) is 3. The first-order chi connectivity index (χ1) is 9.60. The molecule has 7 heteroatoms. The summed E-state index contributed by atoms with van der Waals surface area (Å²) in [5.41, 5.74) is 0.0708. The van der Waals surface area contributed by atoms with E-state index in [1.54, 1.807) is 11.1 Å². The van der Waals surface area contributed by atoms with E-state index in [2.05, 4.69) is 10.3 Å². The van der Waals surface area contributed by atoms with Gasteiger partial charge >= 0.3 is 0 Å². The van der Waals surface area contributed by atoms with Crippen LogP contribution in [0.25, 0.3) is 0 Å². The second kappa shape index (κ2) is 6.50. The van der Waals surface area contributed by atoms with Gasteiger partial charge in [-0.15, -0.1) is 11.3 Å². The molecule has 0 spiro atoms. The van der Waals surface area contributed by atoms with E-state index in [1.807, 2.05) is 25.3 Å². The van der Waals surface area contributed by atoms with E-state index in [1.165, 1.54) is 17.5 Å². The molecule has 1 N–H and O–H groups in total. The summed E-state index contributed by atoms with van der Waals surface area (Å²) in [6.45, 7) is 4.83. The highest BCUT2D eigenvalue weighted by Crippen LogP contribution is 2.15. The van der Waals surface area contributed by atoms with Crippen LogP contribution in [-0.4, -0.2) is 41.1 Å². The Balaban J connectivity index is 2.05. The molecule has 2 rings (SSSR count). The Labute approximate surface area is 121 Å². The van der Waals surface area contributed by atoms with Crippen molar-refractivity contribution in [2.75, 3.05) is 18.4 Å². The fourth-order valence-corrected chi connectivity index (χ4v) is 2.58. The molecule has 0 saturated carbocycles. The van der Waals surface area contributed by atoms with Gasteiger partial charge in [-0.2, -0.15) is 5.26 Å². The van der Waals surface area contributed by atoms with E-state index < -0.39 is 0 Å². The topological polar surface area (TPSA) is 78.3 Å². The third-order valence-corrected chi connectivity index (χ3v) is 3.53. The predicted octanol–water partition coefficient (Wildman–Crippen LogP) is 1.60. The highest BCUT2D eigenvalue weighted by Gasteiger charge is 2.27. The van der Waals surface area contributed by atoms with E-state index in [-0.39, 0.29) is 23.7 Å². The lowest BCUT2D eigenvalue weighted by Crippen LogP contribution is -2.48. The van der Waals surface area contributed by atoms with Gasteiger partial charge in [0.2, 0.25) is 0 Å². The lowest BCUT2D eigenvalue weighted by molar-refractivity contribution is -0.138. The van der Waals surface area contributed by atoms with Crippen LogP contribution in [0.15, 0.2) is 23.3 Å². The zero-order valence-electron chi connectivity index (χ0n) is 11.4. The number of nitrogens with one attached hydrogen (secondary N) is 1. The summed E-state index contributed by atoms with van der Waals surface area (Å²) in [6.07, 6.45) is 3.02. The van der Waals surface area contributed by atoms with Crippen molar-refractivity contribution in [1.82, 2.24) is 9.88 Å². The number of carbonyl (C=O) groups excluding carboxylic acids is 1. The fraction of sp³-hybridized carbons (Fsp3) is 0.462. The van der Waals surface area contributed by atoms with Crippen LogP contribution in [-0.2, 0) is 9.53 Å². The first-order valence-electron chi connectivity index (χ1n) is 6.31. The minimum Gasteiger partial charge on any atom is -0.372 e. The van der Waals surface area contributed by atoms with Crippen molar-refractivity contribution in [3.8, 4) is 6.07 Å². The number of amides is 1. The number of morpholine rings is 1. The van der Waals surface area contributed by atoms with Crippen LogP contribution in [0.1, 0.15) is 13.8 Å². The summed E-state index contributed by atoms with van der Waals surface area (Å²) in [6, 6.07) is 1.93. The maximum atomic E-state index is 12.3. The number of ether oxygens (including phenoxy) is 1. The van der Waals surface area contributed by atoms with Gasteiger partial charge in [-0.3, -0.25) is 4.79 Å². The highest BCUT2D eigenvalue weighted by atomic mass is 32.1. The van der Waals surface area contributed by atoms with Crippen molar-refractivity contribution in [2.24, 2.45) is 0 Å². The van der Waals surface area contributed by atoms with Crippen molar-refractivity contribution < 1.29 is 9.53 Å². The number of hydrogen-bond donors (Lipinski definition) is 1. The van der Waals surface area contributed by atoms with Crippen molar-refractivity contribution in [1.29, 1.82) is 5.26 Å². The molecule has 6 nitrogen and oxygen atoms in total. The van der Waals surface area contributed by atoms with Gasteiger partial charge in [0, 0.05) is 30.9 Å². The molecule has 0 aliphatic carbocycles. The lowest BCUT2D eigenvalue weighted by atomic mass is 10.2. The molecule has 1 amide bonds. The molecule has 0 bridgehead atoms. The van der Waals surface area contributed by atoms with Gasteiger partial charge in [-0.05, 0) is 13.8 Å². The van der Waals surface area contributed by atoms with E-state index in [0.717, 1.165) is 0 Å². The Bertz CT molecular complexity index is 525. The van der Waals surface area contributed by atoms with E-state index in [9.17, 15) is 4.79 Å². The summed E-state index contributed by atoms with van der Waals surface area (Å²) in [5, 5.41) is 14.5. The molecule has 106 valence electrons. The standard InChI is InChI=1S/C13H16N4O2S/c1-9-7-17(8-10(2)19-9)12(18)11(5-14)6-16-13-15-3-4-20-13/h3-4,6,9-10H,7-8H2,1-2H3,(H,15,16)/b11-6-. The largest absolute Gasteiger partial charge is 0.372 e. The van der Waals surface area contributed by atoms with E-state index in [4.69, 9.17) is 10.00 Å². The molecule has 20 heavy (non-hydrogen) atoms. The number of aromatic nitrogens is 1. The molecular formula is C13H16N4O2S. The molecule has 2 atom stereocenters. The second-order valence-corrected chi connectivity index (χ2v) is 5.51. The van der Waals surface area contributed by atoms with Gasteiger partial charge in [-0.1, -0.05) is 0 Å². The highest BCUT2D eigenvalue weighted by molar-refractivity contribution is 7.13. The maximum absolute atomic E-state index is 12.3. The Kier molecular flexibility index (Phi) is 4.71. The Morgan fingerprint density at radius 2 is 2.30 bits per heavy atom. The number of carbonyl (C=O) groups is 1. The van der Waals surface area contributed by atoms with Gasteiger partial charge in [0.15, 0.2) is 5.13 Å². The quantitative estimate of drug-likeness (QED) is 0.676. The van der Waals surface area contributed by atoms with Crippen LogP contribution >= 0.6 is 11.3 Å². The monoisotopic (exact) mass is 292 g/mol. The summed E-state index contributed by atoms with van der Waals surface area (Å²) < 4.78 is 5.58. The van der Waals surface area contributed by atoms with Crippen molar-refractivity contribution in [3.63, 3.8) is 0 Å². The van der Waals surface area contributed by atoms with Crippen molar-refractivity contribution in [3.05, 3.63) is 23.3 Å². The average Bonchev–Trinajstić information content (AvgIpc) is 2.91. The maximum Gasteiger partial charge on any atom is 0.266 e. The third-order valence-electron chi connectivity index (χ3n) is 2.83. The first-order valence-corrected chi connectivity index (χ1v) is 7.19. The number of nitriles is 1. The second-order valence-electron chi connectivity index (χ2n) is 4.62. The molecule has 2 unspecified atom stereocenters. The number of thiazole rings is 1. The van der Waals surface area contributed by atoms with Crippen LogP contribution < -0.4 is 5.32 Å². The van der Waals surface area contributed by atoms with Crippen LogP contribution in [0, 0.1) is 11.3 Å². The molecule has 1 fully saturated rings. The molecular weight excluding hydrogens is 276 g/mol. The minimum absolute atomic E-state index is 0.0189. The SMILES string of the molecule is CC1CN(C(=O)/C(C#N)=C\Nc2nccs2)CC(C)O1. The van der Waals surface area contributed by atoms with Crippen LogP contribution in [0.4, 0.5) is 5.13 Å². The van der Waals surface area contributed by atoms with Crippen LogP contribution in [0.2, 0.25) is 0 Å². The summed E-state index contributed by atoms with van der Waals surface area (Å²) in [4.78, 5) is 18.0. The normalized spacial score (nSPS) is 23.2. The smallest absolute Gasteiger partial charge is 0.266 e. The Morgan fingerprint density at radius 3 is 2.85 bits per heavy atom. The zero-order chi connectivity index (χ0) is 14.5. The first kappa shape index (κ1) is 14.5. The Morgan fingerprint density at radius 1 is 1.60 bits per heavy atom. The van der Waals surface area contributed by atoms with Gasteiger partial charge in [0.1, 0.15) is 11.6 Å². The van der Waals surface area contributed by atoms with Crippen LogP contribution in [0.5, 0.6) is 0 Å². The molecule has 2 heterocycles. The van der Waals surface area contributed by atoms with Gasteiger partial charge in [0.25, 0.3) is 5.91 Å². The molecule has 1 aliphatic rings. The van der Waals surface area contributed by atoms with E-state index in [0.29, 0.717) is 18.2 Å². The Hall–Kier alpha value is -1.91. The summed E-state index contributed by atoms with van der Waals surface area (Å²) in [7, 11) is 0. The van der Waals surface area contributed by atoms with Crippen LogP contribution in [0.3, 0.4) is 0 Å². The third kappa shape index (κ3) is 3.56. The lowest BCUT2D eigenvalue weighted by Gasteiger charge is -2.35. The zero-order valence-corrected chi connectivity index (χ0v) is 12.2. The van der Waals surface area contributed by atoms with Gasteiger partial charge < -0.3 is 15.0 Å². The molecule has 1 aromatic heterocycles. The fourth-order valence-electron chi connectivity index (χ4n) is 2.08. The molecule has 0 aromatic carbocycles. The number of hydrogen-bond acceptors (Lipinski definition) is 6. The van der Waals surface area contributed by atoms with Gasteiger partial charge in [0.05, 0.1) is 12.2 Å². The van der Waals surface area contributed by atoms with Crippen molar-refractivity contribution in [2.45, 2.75) is 26.1 Å².